The van der Waals surface area contributed by atoms with E-state index in [1.165, 1.54) is 5.56 Å². The van der Waals surface area contributed by atoms with Crippen molar-refractivity contribution in [2.75, 3.05) is 18.2 Å². The van der Waals surface area contributed by atoms with Crippen LogP contribution in [-0.2, 0) is 20.7 Å². The molecule has 7 heteroatoms. The molecule has 0 saturated carbocycles. The van der Waals surface area contributed by atoms with E-state index in [0.717, 1.165) is 18.5 Å². The quantitative estimate of drug-likeness (QED) is 0.691. The minimum Gasteiger partial charge on any atom is -0.454 e. The summed E-state index contributed by atoms with van der Waals surface area (Å²) in [4.78, 5) is 28.6. The minimum atomic E-state index is -0.757. The molecular formula is C26H26N2O5. The summed E-state index contributed by atoms with van der Waals surface area (Å²) in [6, 6.07) is 15.7. The molecule has 7 nitrogen and oxygen atoms in total. The van der Waals surface area contributed by atoms with Crippen LogP contribution in [0, 0.1) is 11.8 Å². The number of aryl methyl sites for hydroxylation is 1. The lowest BCUT2D eigenvalue weighted by Gasteiger charge is -2.25. The summed E-state index contributed by atoms with van der Waals surface area (Å²) in [6.45, 7) is 2.57. The van der Waals surface area contributed by atoms with Crippen molar-refractivity contribution in [1.82, 2.24) is 5.32 Å². The van der Waals surface area contributed by atoms with Crippen LogP contribution in [0.15, 0.2) is 60.7 Å². The van der Waals surface area contributed by atoms with Crippen LogP contribution in [0.25, 0.3) is 0 Å². The van der Waals surface area contributed by atoms with Gasteiger partial charge in [-0.2, -0.15) is 0 Å². The summed E-state index contributed by atoms with van der Waals surface area (Å²) in [6.07, 6.45) is 5.26. The Balaban J connectivity index is 1.17. The molecule has 0 aromatic heterocycles. The van der Waals surface area contributed by atoms with Crippen molar-refractivity contribution in [3.63, 3.8) is 0 Å². The molecule has 4 aliphatic heterocycles. The Morgan fingerprint density at radius 2 is 2.00 bits per heavy atom. The van der Waals surface area contributed by atoms with Crippen molar-refractivity contribution < 1.29 is 23.8 Å². The van der Waals surface area contributed by atoms with Gasteiger partial charge in [-0.15, -0.1) is 0 Å². The number of nitrogens with one attached hydrogen (secondary N) is 1. The fraction of sp³-hybridized carbons (Fsp3) is 0.385. The number of anilines is 1. The second kappa shape index (κ2) is 7.63. The highest BCUT2D eigenvalue weighted by atomic mass is 16.7. The van der Waals surface area contributed by atoms with Gasteiger partial charge in [0.05, 0.1) is 24.5 Å². The monoisotopic (exact) mass is 446 g/mol. The Morgan fingerprint density at radius 3 is 2.85 bits per heavy atom. The lowest BCUT2D eigenvalue weighted by molar-refractivity contribution is -0.132. The smallest absolute Gasteiger partial charge is 0.234 e. The first-order valence-electron chi connectivity index (χ1n) is 11.5. The Morgan fingerprint density at radius 1 is 1.18 bits per heavy atom. The molecular weight excluding hydrogens is 420 g/mol. The fourth-order valence-corrected chi connectivity index (χ4v) is 5.51. The molecule has 5 atom stereocenters. The van der Waals surface area contributed by atoms with Crippen LogP contribution < -0.4 is 19.7 Å². The first kappa shape index (κ1) is 20.3. The lowest BCUT2D eigenvalue weighted by atomic mass is 9.76. The normalized spacial score (nSPS) is 29.4. The molecule has 2 amide bonds. The van der Waals surface area contributed by atoms with Crippen LogP contribution in [-0.4, -0.2) is 42.9 Å². The van der Waals surface area contributed by atoms with Crippen LogP contribution >= 0.6 is 0 Å². The maximum Gasteiger partial charge on any atom is 0.234 e. The topological polar surface area (TPSA) is 77.1 Å². The third-order valence-corrected chi connectivity index (χ3v) is 7.17. The van der Waals surface area contributed by atoms with Gasteiger partial charge in [0.2, 0.25) is 18.6 Å². The van der Waals surface area contributed by atoms with Gasteiger partial charge in [0.25, 0.3) is 0 Å². The van der Waals surface area contributed by atoms with Gasteiger partial charge in [-0.25, -0.2) is 0 Å². The molecule has 0 unspecified atom stereocenters. The van der Waals surface area contributed by atoms with Gasteiger partial charge >= 0.3 is 0 Å². The number of benzene rings is 2. The molecule has 6 rings (SSSR count). The molecule has 2 aromatic rings. The third-order valence-electron chi connectivity index (χ3n) is 7.17. The van der Waals surface area contributed by atoms with Crippen molar-refractivity contribution in [2.45, 2.75) is 37.5 Å². The summed E-state index contributed by atoms with van der Waals surface area (Å²) in [5, 5.41) is 3.14. The highest BCUT2D eigenvalue weighted by molar-refractivity contribution is 6.03. The van der Waals surface area contributed by atoms with E-state index in [2.05, 4.69) is 17.4 Å². The zero-order chi connectivity index (χ0) is 22.6. The maximum absolute atomic E-state index is 13.5. The number of hydrogen-bond donors (Lipinski definition) is 1. The first-order chi connectivity index (χ1) is 16.0. The highest BCUT2D eigenvalue weighted by Crippen LogP contribution is 2.53. The second-order valence-corrected chi connectivity index (χ2v) is 9.30. The van der Waals surface area contributed by atoms with E-state index >= 15 is 0 Å². The third kappa shape index (κ3) is 3.30. The maximum atomic E-state index is 13.5. The van der Waals surface area contributed by atoms with Crippen LogP contribution in [0.4, 0.5) is 5.69 Å². The molecule has 170 valence electrons. The van der Waals surface area contributed by atoms with E-state index in [0.29, 0.717) is 18.0 Å². The van der Waals surface area contributed by atoms with Gasteiger partial charge in [0, 0.05) is 17.8 Å². The van der Waals surface area contributed by atoms with Crippen molar-refractivity contribution in [3.8, 4) is 11.5 Å². The lowest BCUT2D eigenvalue weighted by Crippen LogP contribution is -2.46. The molecule has 2 fully saturated rings. The SMILES string of the molecule is C[C@H](CCc1ccccc1)NC(=O)[C@@H]1[C@H]2C=C[C@]3(CN(c4ccc5c(c4)OCO5)C(=O)[C@@H]13)O2. The molecule has 1 spiro atoms. The van der Waals surface area contributed by atoms with Gasteiger partial charge in [-0.3, -0.25) is 9.59 Å². The summed E-state index contributed by atoms with van der Waals surface area (Å²) in [7, 11) is 0. The van der Waals surface area contributed by atoms with Crippen LogP contribution in [0.2, 0.25) is 0 Å². The number of amides is 2. The van der Waals surface area contributed by atoms with Gasteiger partial charge in [0.1, 0.15) is 5.60 Å². The zero-order valence-electron chi connectivity index (χ0n) is 18.4. The fourth-order valence-electron chi connectivity index (χ4n) is 5.51. The van der Waals surface area contributed by atoms with Gasteiger partial charge in [-0.1, -0.05) is 42.5 Å². The van der Waals surface area contributed by atoms with Crippen molar-refractivity contribution in [2.24, 2.45) is 11.8 Å². The summed E-state index contributed by atoms with van der Waals surface area (Å²) < 4.78 is 17.1. The molecule has 2 saturated heterocycles. The van der Waals surface area contributed by atoms with E-state index < -0.39 is 17.4 Å². The number of nitrogens with zero attached hydrogens (tertiary/aromatic N) is 1. The highest BCUT2D eigenvalue weighted by Gasteiger charge is 2.67. The van der Waals surface area contributed by atoms with E-state index in [1.807, 2.05) is 55.5 Å². The van der Waals surface area contributed by atoms with Gasteiger partial charge in [0.15, 0.2) is 11.5 Å². The summed E-state index contributed by atoms with van der Waals surface area (Å²) in [5.41, 5.74) is 1.21. The van der Waals surface area contributed by atoms with Gasteiger partial charge in [-0.05, 0) is 37.5 Å². The molecule has 33 heavy (non-hydrogen) atoms. The van der Waals surface area contributed by atoms with E-state index in [4.69, 9.17) is 14.2 Å². The largest absolute Gasteiger partial charge is 0.454 e. The number of carbonyl (C=O) groups excluding carboxylic acids is 2. The molecule has 1 N–H and O–H groups in total. The molecule has 0 radical (unpaired) electrons. The zero-order valence-corrected chi connectivity index (χ0v) is 18.4. The van der Waals surface area contributed by atoms with E-state index in [1.54, 1.807) is 4.90 Å². The van der Waals surface area contributed by atoms with Crippen LogP contribution in [0.3, 0.4) is 0 Å². The van der Waals surface area contributed by atoms with Crippen molar-refractivity contribution >= 4 is 17.5 Å². The number of fused-ring (bicyclic) bond motifs is 2. The van der Waals surface area contributed by atoms with Crippen molar-refractivity contribution in [1.29, 1.82) is 0 Å². The molecule has 0 aliphatic carbocycles. The number of ether oxygens (including phenoxy) is 3. The van der Waals surface area contributed by atoms with Crippen LogP contribution in [0.1, 0.15) is 18.9 Å². The number of hydrogen-bond acceptors (Lipinski definition) is 5. The molecule has 4 heterocycles. The predicted octanol–water partition coefficient (Wildman–Crippen LogP) is 2.84. The Hall–Kier alpha value is -3.32. The molecule has 2 aromatic carbocycles. The Labute approximate surface area is 192 Å². The second-order valence-electron chi connectivity index (χ2n) is 9.30. The summed E-state index contributed by atoms with van der Waals surface area (Å²) in [5.74, 6) is 0.0372. The minimum absolute atomic E-state index is 0.00164. The van der Waals surface area contributed by atoms with Crippen molar-refractivity contribution in [3.05, 3.63) is 66.2 Å². The predicted molar refractivity (Wildman–Crippen MR) is 121 cm³/mol. The standard InChI is InChI=1S/C26H26N2O5/c1-16(7-8-17-5-3-2-4-6-17)27-24(29)22-20-11-12-26(33-20)14-28(25(30)23(22)26)18-9-10-19-21(13-18)32-15-31-19/h2-6,9-13,16,20,22-23H,7-8,14-15H2,1H3,(H,27,29)/t16-,20-,22-,23-,26-/m1/s1. The van der Waals surface area contributed by atoms with E-state index in [9.17, 15) is 9.59 Å². The van der Waals surface area contributed by atoms with Gasteiger partial charge < -0.3 is 24.4 Å². The Kier molecular flexibility index (Phi) is 4.69. The number of carbonyl (C=O) groups is 2. The first-order valence-corrected chi connectivity index (χ1v) is 11.5. The van der Waals surface area contributed by atoms with E-state index in [-0.39, 0.29) is 30.8 Å². The molecule has 4 aliphatic rings. The molecule has 2 bridgehead atoms. The summed E-state index contributed by atoms with van der Waals surface area (Å²) >= 11 is 0. The average molecular weight is 447 g/mol. The average Bonchev–Trinajstić information content (AvgIpc) is 3.58. The van der Waals surface area contributed by atoms with Crippen LogP contribution in [0.5, 0.6) is 11.5 Å². The number of rotatable bonds is 6. The Bertz CT molecular complexity index is 1130.